The van der Waals surface area contributed by atoms with Gasteiger partial charge >= 0.3 is 0 Å². The second kappa shape index (κ2) is 6.95. The van der Waals surface area contributed by atoms with Crippen molar-refractivity contribution in [3.8, 4) is 0 Å². The van der Waals surface area contributed by atoms with Gasteiger partial charge in [-0.2, -0.15) is 5.10 Å². The number of hydrogen-bond donors (Lipinski definition) is 1. The minimum absolute atomic E-state index is 0.0329. The molecule has 26 heavy (non-hydrogen) atoms. The van der Waals surface area contributed by atoms with E-state index in [4.69, 9.17) is 0 Å². The average Bonchev–Trinajstić information content (AvgIpc) is 2.92. The lowest BCUT2D eigenvalue weighted by atomic mass is 9.70. The van der Waals surface area contributed by atoms with Crippen molar-refractivity contribution < 1.29 is 4.79 Å². The zero-order chi connectivity index (χ0) is 19.1. The van der Waals surface area contributed by atoms with Gasteiger partial charge in [-0.05, 0) is 62.7 Å². The van der Waals surface area contributed by atoms with Crippen molar-refractivity contribution in [1.82, 2.24) is 15.4 Å². The summed E-state index contributed by atoms with van der Waals surface area (Å²) in [5, 5.41) is 5.32. The van der Waals surface area contributed by atoms with Gasteiger partial charge in [0, 0.05) is 28.9 Å². The molecular weight excluding hydrogens is 344 g/mol. The number of amides is 1. The first-order valence-electron chi connectivity index (χ1n) is 9.43. The molecule has 1 aromatic rings. The van der Waals surface area contributed by atoms with Crippen molar-refractivity contribution in [1.29, 1.82) is 0 Å². The van der Waals surface area contributed by atoms with Gasteiger partial charge in [0.25, 0.3) is 0 Å². The molecule has 1 aromatic heterocycles. The van der Waals surface area contributed by atoms with Crippen LogP contribution >= 0.6 is 11.8 Å². The SMILES string of the molecule is CSc1nc(C)c(CCC(=O)N/N=C2/C[C@@H]3CC[C@@]2(C)C3(C)C)c(C)n1. The third-order valence-corrected chi connectivity index (χ3v) is 7.56. The van der Waals surface area contributed by atoms with Crippen LogP contribution in [0.25, 0.3) is 0 Å². The first kappa shape index (κ1) is 19.3. The Bertz CT molecular complexity index is 735. The Kier molecular flexibility index (Phi) is 5.17. The van der Waals surface area contributed by atoms with Crippen molar-refractivity contribution in [2.75, 3.05) is 6.26 Å². The van der Waals surface area contributed by atoms with Crippen LogP contribution in [-0.2, 0) is 11.2 Å². The molecule has 1 N–H and O–H groups in total. The highest BCUT2D eigenvalue weighted by molar-refractivity contribution is 7.98. The van der Waals surface area contributed by atoms with Gasteiger partial charge in [0.2, 0.25) is 5.91 Å². The van der Waals surface area contributed by atoms with Gasteiger partial charge in [-0.3, -0.25) is 4.79 Å². The number of aromatic nitrogens is 2. The number of nitrogens with one attached hydrogen (secondary N) is 1. The number of rotatable bonds is 5. The van der Waals surface area contributed by atoms with E-state index >= 15 is 0 Å². The molecule has 0 aromatic carbocycles. The van der Waals surface area contributed by atoms with E-state index < -0.39 is 0 Å². The fourth-order valence-electron chi connectivity index (χ4n) is 4.68. The quantitative estimate of drug-likeness (QED) is 0.479. The van der Waals surface area contributed by atoms with Crippen LogP contribution in [0.3, 0.4) is 0 Å². The predicted octanol–water partition coefficient (Wildman–Crippen LogP) is 4.07. The third kappa shape index (κ3) is 3.17. The van der Waals surface area contributed by atoms with E-state index in [1.165, 1.54) is 30.3 Å². The predicted molar refractivity (Wildman–Crippen MR) is 106 cm³/mol. The maximum absolute atomic E-state index is 12.3. The highest BCUT2D eigenvalue weighted by atomic mass is 32.2. The third-order valence-electron chi connectivity index (χ3n) is 7.01. The van der Waals surface area contributed by atoms with Crippen molar-refractivity contribution in [2.45, 2.75) is 71.9 Å². The van der Waals surface area contributed by atoms with Crippen LogP contribution in [0.1, 0.15) is 63.4 Å². The summed E-state index contributed by atoms with van der Waals surface area (Å²) in [6.07, 6.45) is 6.50. The van der Waals surface area contributed by atoms with E-state index in [2.05, 4.69) is 41.3 Å². The Balaban J connectivity index is 1.61. The van der Waals surface area contributed by atoms with Crippen molar-refractivity contribution in [3.05, 3.63) is 17.0 Å². The van der Waals surface area contributed by atoms with E-state index in [1.54, 1.807) is 0 Å². The number of fused-ring (bicyclic) bond motifs is 2. The van der Waals surface area contributed by atoms with Gasteiger partial charge in [-0.1, -0.05) is 32.5 Å². The van der Waals surface area contributed by atoms with E-state index in [0.29, 0.717) is 18.8 Å². The smallest absolute Gasteiger partial charge is 0.240 e. The molecule has 2 atom stereocenters. The van der Waals surface area contributed by atoms with E-state index in [1.807, 2.05) is 20.1 Å². The summed E-state index contributed by atoms with van der Waals surface area (Å²) < 4.78 is 0. The summed E-state index contributed by atoms with van der Waals surface area (Å²) in [6, 6.07) is 0. The van der Waals surface area contributed by atoms with Crippen LogP contribution in [0.4, 0.5) is 0 Å². The summed E-state index contributed by atoms with van der Waals surface area (Å²) in [7, 11) is 0. The van der Waals surface area contributed by atoms with Crippen molar-refractivity contribution in [3.63, 3.8) is 0 Å². The second-order valence-corrected chi connectivity index (χ2v) is 9.22. The second-order valence-electron chi connectivity index (χ2n) is 8.45. The molecule has 0 spiro atoms. The summed E-state index contributed by atoms with van der Waals surface area (Å²) in [6.45, 7) is 11.0. The Morgan fingerprint density at radius 3 is 2.42 bits per heavy atom. The molecule has 0 unspecified atom stereocenters. The lowest BCUT2D eigenvalue weighted by molar-refractivity contribution is -0.121. The fourth-order valence-corrected chi connectivity index (χ4v) is 5.14. The van der Waals surface area contributed by atoms with Crippen molar-refractivity contribution in [2.24, 2.45) is 21.8 Å². The van der Waals surface area contributed by atoms with Crippen LogP contribution in [-0.4, -0.2) is 27.8 Å². The van der Waals surface area contributed by atoms with Crippen LogP contribution < -0.4 is 5.43 Å². The molecule has 2 fully saturated rings. The summed E-state index contributed by atoms with van der Waals surface area (Å²) >= 11 is 1.54. The lowest BCUT2D eigenvalue weighted by Gasteiger charge is -2.34. The Morgan fingerprint density at radius 1 is 1.27 bits per heavy atom. The Morgan fingerprint density at radius 2 is 1.92 bits per heavy atom. The summed E-state index contributed by atoms with van der Waals surface area (Å²) in [4.78, 5) is 21.3. The molecule has 6 heteroatoms. The number of carbonyl (C=O) groups is 1. The highest BCUT2D eigenvalue weighted by Crippen LogP contribution is 2.63. The zero-order valence-corrected chi connectivity index (χ0v) is 17.6. The molecule has 1 amide bonds. The number of thioether (sulfide) groups is 1. The Hall–Kier alpha value is -1.43. The highest BCUT2D eigenvalue weighted by Gasteiger charge is 2.59. The largest absolute Gasteiger partial charge is 0.273 e. The molecule has 2 aliphatic carbocycles. The maximum Gasteiger partial charge on any atom is 0.240 e. The molecular formula is C20H30N4OS. The average molecular weight is 375 g/mol. The summed E-state index contributed by atoms with van der Waals surface area (Å²) in [5.74, 6) is 0.662. The number of hydrazone groups is 1. The van der Waals surface area contributed by atoms with Crippen LogP contribution in [0.5, 0.6) is 0 Å². The van der Waals surface area contributed by atoms with Gasteiger partial charge in [-0.15, -0.1) is 0 Å². The zero-order valence-electron chi connectivity index (χ0n) is 16.8. The van der Waals surface area contributed by atoms with Gasteiger partial charge in [0.05, 0.1) is 0 Å². The number of hydrogen-bond acceptors (Lipinski definition) is 5. The lowest BCUT2D eigenvalue weighted by Crippen LogP contribution is -2.34. The number of carbonyl (C=O) groups excluding carboxylic acids is 1. The summed E-state index contributed by atoms with van der Waals surface area (Å²) in [5.41, 5.74) is 7.38. The van der Waals surface area contributed by atoms with Gasteiger partial charge in [-0.25, -0.2) is 15.4 Å². The molecule has 5 nitrogen and oxygen atoms in total. The number of nitrogens with zero attached hydrogens (tertiary/aromatic N) is 3. The van der Waals surface area contributed by atoms with E-state index in [-0.39, 0.29) is 16.7 Å². The number of aryl methyl sites for hydroxylation is 2. The molecule has 0 aliphatic heterocycles. The first-order chi connectivity index (χ1) is 12.2. The minimum Gasteiger partial charge on any atom is -0.273 e. The normalized spacial score (nSPS) is 27.9. The van der Waals surface area contributed by atoms with Crippen LogP contribution in [0.2, 0.25) is 0 Å². The van der Waals surface area contributed by atoms with Gasteiger partial charge < -0.3 is 0 Å². The molecule has 142 valence electrons. The molecule has 1 heterocycles. The monoisotopic (exact) mass is 374 g/mol. The van der Waals surface area contributed by atoms with Crippen LogP contribution in [0.15, 0.2) is 10.3 Å². The fraction of sp³-hybridized carbons (Fsp3) is 0.700. The molecule has 2 saturated carbocycles. The van der Waals surface area contributed by atoms with Crippen molar-refractivity contribution >= 4 is 23.4 Å². The maximum atomic E-state index is 12.3. The first-order valence-corrected chi connectivity index (χ1v) is 10.7. The molecule has 2 aliphatic rings. The topological polar surface area (TPSA) is 67.2 Å². The minimum atomic E-state index is -0.0329. The molecule has 2 bridgehead atoms. The van der Waals surface area contributed by atoms with Crippen LogP contribution in [0, 0.1) is 30.6 Å². The van der Waals surface area contributed by atoms with Gasteiger partial charge in [0.1, 0.15) is 0 Å². The standard InChI is InChI=1S/C20H30N4OS/c1-12-15(13(2)22-18(21-12)26-6)7-8-17(25)24-23-16-11-14-9-10-20(16,5)19(14,3)4/h14H,7-11H2,1-6H3,(H,24,25)/b23-16-/t14-,20+/m0/s1. The molecule has 0 radical (unpaired) electrons. The molecule has 3 rings (SSSR count). The molecule has 0 saturated heterocycles. The van der Waals surface area contributed by atoms with Gasteiger partial charge in [0.15, 0.2) is 5.16 Å². The van der Waals surface area contributed by atoms with E-state index in [0.717, 1.165) is 28.5 Å². The van der Waals surface area contributed by atoms with E-state index in [9.17, 15) is 4.79 Å². The Labute approximate surface area is 160 Å².